The fourth-order valence-corrected chi connectivity index (χ4v) is 2.85. The van der Waals surface area contributed by atoms with Crippen LogP contribution in [0, 0.1) is 6.92 Å². The number of thiazole rings is 1. The lowest BCUT2D eigenvalue weighted by molar-refractivity contribution is 0.102. The van der Waals surface area contributed by atoms with Crippen LogP contribution in [0.5, 0.6) is 0 Å². The van der Waals surface area contributed by atoms with Gasteiger partial charge in [0, 0.05) is 6.20 Å². The smallest absolute Gasteiger partial charge is 0.276 e. The van der Waals surface area contributed by atoms with E-state index in [0.29, 0.717) is 10.8 Å². The summed E-state index contributed by atoms with van der Waals surface area (Å²) in [6.07, 6.45) is 1.52. The molecule has 0 spiro atoms. The fourth-order valence-electron chi connectivity index (χ4n) is 1.89. The first-order chi connectivity index (χ1) is 10.2. The zero-order valence-electron chi connectivity index (χ0n) is 11.3. The Hall–Kier alpha value is -2.51. The molecule has 0 unspecified atom stereocenters. The molecule has 1 aromatic carbocycles. The minimum atomic E-state index is -0.317. The molecule has 3 rings (SSSR count). The van der Waals surface area contributed by atoms with Crippen LogP contribution in [0.2, 0.25) is 0 Å². The van der Waals surface area contributed by atoms with Crippen LogP contribution in [-0.4, -0.2) is 15.9 Å². The van der Waals surface area contributed by atoms with E-state index in [1.165, 1.54) is 17.5 Å². The van der Waals surface area contributed by atoms with Gasteiger partial charge < -0.3 is 5.43 Å². The topological polar surface area (TPSA) is 92.9 Å². The van der Waals surface area contributed by atoms with Crippen LogP contribution in [0.3, 0.4) is 0 Å². The van der Waals surface area contributed by atoms with Gasteiger partial charge in [0.2, 0.25) is 0 Å². The Kier molecular flexibility index (Phi) is 3.51. The Morgan fingerprint density at radius 3 is 2.95 bits per heavy atom. The Morgan fingerprint density at radius 2 is 2.14 bits per heavy atom. The summed E-state index contributed by atoms with van der Waals surface area (Å²) < 4.78 is 1.04. The van der Waals surface area contributed by atoms with Crippen molar-refractivity contribution >= 4 is 38.3 Å². The number of nitrogen functional groups attached to an aromatic ring is 1. The number of pyridine rings is 1. The van der Waals surface area contributed by atoms with E-state index < -0.39 is 0 Å². The van der Waals surface area contributed by atoms with Gasteiger partial charge in [-0.25, -0.2) is 4.98 Å². The number of fused-ring (bicyclic) bond motifs is 1. The number of hydrazine groups is 1. The molecule has 0 saturated carbocycles. The summed E-state index contributed by atoms with van der Waals surface area (Å²) in [7, 11) is 0. The molecule has 1 amide bonds. The Balaban J connectivity index is 1.85. The van der Waals surface area contributed by atoms with E-state index in [1.54, 1.807) is 12.1 Å². The van der Waals surface area contributed by atoms with Crippen molar-refractivity contribution in [3.63, 3.8) is 0 Å². The Labute approximate surface area is 125 Å². The molecule has 2 heterocycles. The number of amides is 1. The number of nitrogens with zero attached hydrogens (tertiary/aromatic N) is 2. The van der Waals surface area contributed by atoms with Crippen molar-refractivity contribution in [2.24, 2.45) is 5.84 Å². The zero-order valence-corrected chi connectivity index (χ0v) is 12.1. The summed E-state index contributed by atoms with van der Waals surface area (Å²) in [6.45, 7) is 2.02. The number of anilines is 2. The molecule has 0 atom stereocenters. The number of benzene rings is 1. The van der Waals surface area contributed by atoms with Crippen LogP contribution in [0.4, 0.5) is 10.8 Å². The molecule has 0 saturated heterocycles. The van der Waals surface area contributed by atoms with Gasteiger partial charge in [-0.05, 0) is 36.8 Å². The average molecular weight is 299 g/mol. The summed E-state index contributed by atoms with van der Waals surface area (Å²) in [6, 6.07) is 9.23. The molecule has 106 valence electrons. The van der Waals surface area contributed by atoms with Gasteiger partial charge in [-0.1, -0.05) is 17.4 Å². The average Bonchev–Trinajstić information content (AvgIpc) is 2.88. The Bertz CT molecular complexity index is 814. The number of carbonyl (C=O) groups excluding carboxylic acids is 1. The third kappa shape index (κ3) is 2.83. The van der Waals surface area contributed by atoms with E-state index in [2.05, 4.69) is 20.7 Å². The van der Waals surface area contributed by atoms with Crippen molar-refractivity contribution in [1.82, 2.24) is 9.97 Å². The number of aryl methyl sites for hydroxylation is 1. The van der Waals surface area contributed by atoms with Gasteiger partial charge in [-0.3, -0.25) is 20.9 Å². The van der Waals surface area contributed by atoms with E-state index >= 15 is 0 Å². The van der Waals surface area contributed by atoms with Crippen LogP contribution in [-0.2, 0) is 0 Å². The van der Waals surface area contributed by atoms with E-state index in [-0.39, 0.29) is 11.6 Å². The first-order valence-electron chi connectivity index (χ1n) is 6.27. The van der Waals surface area contributed by atoms with Gasteiger partial charge in [0.15, 0.2) is 5.13 Å². The Morgan fingerprint density at radius 1 is 1.29 bits per heavy atom. The molecule has 0 fully saturated rings. The second-order valence-electron chi connectivity index (χ2n) is 4.52. The van der Waals surface area contributed by atoms with Crippen molar-refractivity contribution in [3.8, 4) is 0 Å². The number of rotatable bonds is 3. The second kappa shape index (κ2) is 5.47. The highest BCUT2D eigenvalue weighted by Crippen LogP contribution is 2.26. The van der Waals surface area contributed by atoms with E-state index in [0.717, 1.165) is 15.8 Å². The highest BCUT2D eigenvalue weighted by molar-refractivity contribution is 7.22. The van der Waals surface area contributed by atoms with Crippen molar-refractivity contribution in [1.29, 1.82) is 0 Å². The first-order valence-corrected chi connectivity index (χ1v) is 7.08. The molecule has 0 aliphatic heterocycles. The van der Waals surface area contributed by atoms with E-state index in [4.69, 9.17) is 5.84 Å². The maximum atomic E-state index is 12.2. The molecule has 3 aromatic rings. The van der Waals surface area contributed by atoms with Crippen molar-refractivity contribution in [3.05, 3.63) is 47.8 Å². The maximum absolute atomic E-state index is 12.2. The molecule has 21 heavy (non-hydrogen) atoms. The molecule has 0 bridgehead atoms. The minimum absolute atomic E-state index is 0.279. The summed E-state index contributed by atoms with van der Waals surface area (Å²) in [5.74, 6) is 5.00. The molecule has 0 aliphatic rings. The fraction of sp³-hybridized carbons (Fsp3) is 0.0714. The number of carbonyl (C=O) groups is 1. The summed E-state index contributed by atoms with van der Waals surface area (Å²) in [5, 5.41) is 3.31. The predicted octanol–water partition coefficient (Wildman–Crippen LogP) is 2.54. The number of nitrogens with one attached hydrogen (secondary N) is 2. The van der Waals surface area contributed by atoms with Gasteiger partial charge in [0.05, 0.1) is 15.9 Å². The summed E-state index contributed by atoms with van der Waals surface area (Å²) >= 11 is 1.43. The van der Waals surface area contributed by atoms with E-state index in [9.17, 15) is 4.79 Å². The standard InChI is InChI=1S/C14H13N5OS/c1-8-2-3-10-12(6-8)21-14(17-10)18-13(20)11-7-9(19-15)4-5-16-11/h2-7H,15H2,1H3,(H,16,19)(H,17,18,20). The highest BCUT2D eigenvalue weighted by Gasteiger charge is 2.11. The third-order valence-electron chi connectivity index (χ3n) is 2.92. The monoisotopic (exact) mass is 299 g/mol. The predicted molar refractivity (Wildman–Crippen MR) is 84.4 cm³/mol. The molecule has 0 radical (unpaired) electrons. The highest BCUT2D eigenvalue weighted by atomic mass is 32.1. The van der Waals surface area contributed by atoms with E-state index in [1.807, 2.05) is 25.1 Å². The van der Waals surface area contributed by atoms with Crippen LogP contribution < -0.4 is 16.6 Å². The lowest BCUT2D eigenvalue weighted by Gasteiger charge is -2.03. The van der Waals surface area contributed by atoms with Gasteiger partial charge in [0.25, 0.3) is 5.91 Å². The zero-order chi connectivity index (χ0) is 14.8. The second-order valence-corrected chi connectivity index (χ2v) is 5.55. The lowest BCUT2D eigenvalue weighted by atomic mass is 10.2. The summed E-state index contributed by atoms with van der Waals surface area (Å²) in [4.78, 5) is 20.6. The third-order valence-corrected chi connectivity index (χ3v) is 3.86. The van der Waals surface area contributed by atoms with Gasteiger partial charge >= 0.3 is 0 Å². The molecule has 4 N–H and O–H groups in total. The van der Waals surface area contributed by atoms with Gasteiger partial charge in [-0.15, -0.1) is 0 Å². The van der Waals surface area contributed by atoms with Crippen LogP contribution in [0.25, 0.3) is 10.2 Å². The van der Waals surface area contributed by atoms with Gasteiger partial charge in [0.1, 0.15) is 5.69 Å². The van der Waals surface area contributed by atoms with Crippen LogP contribution >= 0.6 is 11.3 Å². The van der Waals surface area contributed by atoms with Crippen molar-refractivity contribution in [2.45, 2.75) is 6.92 Å². The number of hydrogen-bond acceptors (Lipinski definition) is 6. The quantitative estimate of drug-likeness (QED) is 0.510. The molecule has 6 nitrogen and oxygen atoms in total. The molecular weight excluding hydrogens is 286 g/mol. The lowest BCUT2D eigenvalue weighted by Crippen LogP contribution is -2.14. The molecule has 7 heteroatoms. The normalized spacial score (nSPS) is 10.6. The number of nitrogens with two attached hydrogens (primary N) is 1. The van der Waals surface area contributed by atoms with Crippen molar-refractivity contribution < 1.29 is 4.79 Å². The number of aromatic nitrogens is 2. The number of hydrogen-bond donors (Lipinski definition) is 3. The molecular formula is C14H13N5OS. The minimum Gasteiger partial charge on any atom is -0.324 e. The SMILES string of the molecule is Cc1ccc2nc(NC(=O)c3cc(NN)ccn3)sc2c1. The van der Waals surface area contributed by atoms with Crippen molar-refractivity contribution in [2.75, 3.05) is 10.7 Å². The van der Waals surface area contributed by atoms with Gasteiger partial charge in [-0.2, -0.15) is 0 Å². The van der Waals surface area contributed by atoms with Crippen LogP contribution in [0.1, 0.15) is 16.1 Å². The van der Waals surface area contributed by atoms with Crippen LogP contribution in [0.15, 0.2) is 36.5 Å². The first kappa shape index (κ1) is 13.5. The molecule has 2 aromatic heterocycles. The summed E-state index contributed by atoms with van der Waals surface area (Å²) in [5.41, 5.74) is 5.41. The molecule has 0 aliphatic carbocycles. The largest absolute Gasteiger partial charge is 0.324 e. The maximum Gasteiger partial charge on any atom is 0.276 e.